The minimum Gasteiger partial charge on any atom is -0.463 e. The van der Waals surface area contributed by atoms with E-state index in [4.69, 9.17) is 24.7 Å². The van der Waals surface area contributed by atoms with E-state index in [2.05, 4.69) is 36.2 Å². The van der Waals surface area contributed by atoms with Gasteiger partial charge in [-0.1, -0.05) is 17.0 Å². The monoisotopic (exact) mass is 694 g/mol. The van der Waals surface area contributed by atoms with Crippen molar-refractivity contribution < 1.29 is 46.5 Å². The van der Waals surface area contributed by atoms with E-state index in [1.807, 2.05) is 0 Å². The first kappa shape index (κ1) is 31.6. The van der Waals surface area contributed by atoms with Gasteiger partial charge in [0.1, 0.15) is 35.6 Å². The molecule has 1 fully saturated rings. The Kier molecular flexibility index (Phi) is 9.74. The SMILES string of the molecule is CC(=O)OC[C@H]1O[C@H](Sc2cnc(C(F)(F)F)c(Br)c2)[C@H](OC(C)=O)[C@@H](n2cc(-c3csc(N)n3)nn2)[C@H]1OC(C)=O. The van der Waals surface area contributed by atoms with Gasteiger partial charge in [-0.25, -0.2) is 14.6 Å². The normalized spacial score (nSPS) is 22.4. The topological polar surface area (TPSA) is 171 Å². The number of anilines is 1. The quantitative estimate of drug-likeness (QED) is 0.268. The molecule has 19 heteroatoms. The van der Waals surface area contributed by atoms with Crippen LogP contribution in [0.4, 0.5) is 18.3 Å². The maximum Gasteiger partial charge on any atom is 0.434 e. The van der Waals surface area contributed by atoms with Crippen molar-refractivity contribution in [2.75, 3.05) is 12.3 Å². The van der Waals surface area contributed by atoms with Crippen molar-refractivity contribution in [3.63, 3.8) is 0 Å². The van der Waals surface area contributed by atoms with Crippen molar-refractivity contribution in [1.29, 1.82) is 0 Å². The van der Waals surface area contributed by atoms with Crippen molar-refractivity contribution in [3.8, 4) is 11.4 Å². The second-order valence-electron chi connectivity index (χ2n) is 8.76. The lowest BCUT2D eigenvalue weighted by atomic mass is 9.96. The molecule has 5 atom stereocenters. The molecule has 0 unspecified atom stereocenters. The lowest BCUT2D eigenvalue weighted by Crippen LogP contribution is -2.57. The number of halogens is 4. The number of alkyl halides is 3. The predicted molar refractivity (Wildman–Crippen MR) is 144 cm³/mol. The summed E-state index contributed by atoms with van der Waals surface area (Å²) in [6.45, 7) is 3.08. The van der Waals surface area contributed by atoms with E-state index in [9.17, 15) is 27.6 Å². The molecule has 0 aliphatic carbocycles. The summed E-state index contributed by atoms with van der Waals surface area (Å²) in [7, 11) is 0. The summed E-state index contributed by atoms with van der Waals surface area (Å²) in [5.41, 5.74) is 4.17. The van der Waals surface area contributed by atoms with Crippen molar-refractivity contribution in [2.24, 2.45) is 0 Å². The van der Waals surface area contributed by atoms with Crippen LogP contribution in [-0.2, 0) is 39.5 Å². The van der Waals surface area contributed by atoms with Crippen LogP contribution in [0.3, 0.4) is 0 Å². The molecule has 4 heterocycles. The Labute approximate surface area is 252 Å². The van der Waals surface area contributed by atoms with Crippen molar-refractivity contribution in [1.82, 2.24) is 25.0 Å². The van der Waals surface area contributed by atoms with Crippen LogP contribution in [0.5, 0.6) is 0 Å². The highest BCUT2D eigenvalue weighted by molar-refractivity contribution is 9.10. The summed E-state index contributed by atoms with van der Waals surface area (Å²) >= 11 is 4.95. The Morgan fingerprint density at radius 3 is 2.40 bits per heavy atom. The van der Waals surface area contributed by atoms with E-state index < -0.39 is 59.6 Å². The smallest absolute Gasteiger partial charge is 0.434 e. The fraction of sp³-hybridized carbons (Fsp3) is 0.435. The van der Waals surface area contributed by atoms with E-state index in [1.165, 1.54) is 35.2 Å². The fourth-order valence-electron chi connectivity index (χ4n) is 4.05. The van der Waals surface area contributed by atoms with Gasteiger partial charge < -0.3 is 24.7 Å². The number of carbonyl (C=O) groups is 3. The molecule has 1 aliphatic rings. The summed E-state index contributed by atoms with van der Waals surface area (Å²) in [5.74, 6) is -2.11. The number of aromatic nitrogens is 5. The van der Waals surface area contributed by atoms with E-state index in [-0.39, 0.29) is 21.1 Å². The number of thioether (sulfide) groups is 1. The van der Waals surface area contributed by atoms with Crippen molar-refractivity contribution in [2.45, 2.75) is 61.6 Å². The highest BCUT2D eigenvalue weighted by Gasteiger charge is 2.52. The van der Waals surface area contributed by atoms with Gasteiger partial charge in [0.25, 0.3) is 0 Å². The zero-order chi connectivity index (χ0) is 30.8. The number of esters is 3. The van der Waals surface area contributed by atoms with Gasteiger partial charge in [0, 0.05) is 41.7 Å². The fourth-order valence-corrected chi connectivity index (χ4v) is 6.45. The number of hydrogen-bond acceptors (Lipinski definition) is 14. The molecule has 3 aromatic heterocycles. The molecular formula is C23H22BrF3N6O7S2. The largest absolute Gasteiger partial charge is 0.463 e. The molecule has 2 N–H and O–H groups in total. The van der Waals surface area contributed by atoms with Gasteiger partial charge >= 0.3 is 24.1 Å². The van der Waals surface area contributed by atoms with Gasteiger partial charge in [0.05, 0.1) is 6.20 Å². The molecule has 13 nitrogen and oxygen atoms in total. The van der Waals surface area contributed by atoms with Crippen molar-refractivity contribution >= 4 is 62.1 Å². The van der Waals surface area contributed by atoms with Crippen LogP contribution >= 0.6 is 39.0 Å². The van der Waals surface area contributed by atoms with Crippen LogP contribution in [0.2, 0.25) is 0 Å². The molecule has 0 saturated carbocycles. The lowest BCUT2D eigenvalue weighted by Gasteiger charge is -2.44. The number of pyridine rings is 1. The highest BCUT2D eigenvalue weighted by atomic mass is 79.9. The summed E-state index contributed by atoms with van der Waals surface area (Å²) in [6.07, 6.45) is -5.84. The average molecular weight is 695 g/mol. The third-order valence-electron chi connectivity index (χ3n) is 5.61. The second-order valence-corrected chi connectivity index (χ2v) is 11.7. The van der Waals surface area contributed by atoms with Gasteiger partial charge in [-0.15, -0.1) is 16.4 Å². The molecular weight excluding hydrogens is 673 g/mol. The molecule has 42 heavy (non-hydrogen) atoms. The van der Waals surface area contributed by atoms with E-state index >= 15 is 0 Å². The van der Waals surface area contributed by atoms with Crippen LogP contribution in [-0.4, -0.2) is 73.2 Å². The third kappa shape index (κ3) is 7.56. The number of carbonyl (C=O) groups excluding carboxylic acids is 3. The standard InChI is InChI=1S/C23H22BrF3N6O7S2/c1-9(34)37-7-16-18(38-10(2)35)17(33-6-14(31-32-33)15-8-41-22(28)30-15)19(39-11(3)36)21(40-16)42-12-4-13(24)20(29-5-12)23(25,26)27/h4-6,8,16-19,21H,7H2,1-3H3,(H2,28,30)/t16-,17+,18+,19-,21-/m1/s1. The van der Waals surface area contributed by atoms with Crippen LogP contribution in [0.1, 0.15) is 32.5 Å². The van der Waals surface area contributed by atoms with Gasteiger partial charge in [0.15, 0.2) is 23.0 Å². The third-order valence-corrected chi connectivity index (χ3v) is 7.99. The Morgan fingerprint density at radius 2 is 1.83 bits per heavy atom. The number of nitrogen functional groups attached to an aromatic ring is 1. The average Bonchev–Trinajstić information content (AvgIpc) is 3.52. The molecule has 0 radical (unpaired) electrons. The van der Waals surface area contributed by atoms with Crippen molar-refractivity contribution in [3.05, 3.63) is 34.0 Å². The Hall–Kier alpha value is -3.29. The van der Waals surface area contributed by atoms with Crippen LogP contribution in [0.15, 0.2) is 33.2 Å². The Bertz CT molecular complexity index is 1470. The number of thiazole rings is 1. The zero-order valence-corrected chi connectivity index (χ0v) is 25.1. The number of nitrogens with two attached hydrogens (primary N) is 1. The molecule has 0 bridgehead atoms. The molecule has 1 aliphatic heterocycles. The molecule has 3 aromatic rings. The number of rotatable bonds is 8. The lowest BCUT2D eigenvalue weighted by molar-refractivity contribution is -0.212. The molecule has 0 aromatic carbocycles. The Morgan fingerprint density at radius 1 is 1.14 bits per heavy atom. The maximum atomic E-state index is 13.3. The summed E-state index contributed by atoms with van der Waals surface area (Å²) in [4.78, 5) is 44.0. The number of hydrogen-bond donors (Lipinski definition) is 1. The number of ether oxygens (including phenoxy) is 4. The maximum absolute atomic E-state index is 13.3. The Balaban J connectivity index is 1.79. The van der Waals surface area contributed by atoms with Gasteiger partial charge in [-0.3, -0.25) is 14.4 Å². The molecule has 0 spiro atoms. The minimum atomic E-state index is -4.70. The van der Waals surface area contributed by atoms with Gasteiger partial charge in [-0.05, 0) is 22.0 Å². The molecule has 226 valence electrons. The minimum absolute atomic E-state index is 0.213. The first-order valence-electron chi connectivity index (χ1n) is 11.9. The summed E-state index contributed by atoms with van der Waals surface area (Å²) in [6, 6.07) is 0.0797. The van der Waals surface area contributed by atoms with E-state index in [1.54, 1.807) is 5.38 Å². The van der Waals surface area contributed by atoms with Crippen LogP contribution < -0.4 is 5.73 Å². The van der Waals surface area contributed by atoms with Crippen LogP contribution in [0, 0.1) is 0 Å². The molecule has 4 rings (SSSR count). The molecule has 1 saturated heterocycles. The first-order valence-corrected chi connectivity index (χ1v) is 14.4. The number of nitrogens with zero attached hydrogens (tertiary/aromatic N) is 5. The second kappa shape index (κ2) is 12.9. The van der Waals surface area contributed by atoms with Crippen LogP contribution in [0.25, 0.3) is 11.4 Å². The molecule has 0 amide bonds. The van der Waals surface area contributed by atoms with Gasteiger partial charge in [0.2, 0.25) is 0 Å². The van der Waals surface area contributed by atoms with E-state index in [0.717, 1.165) is 31.8 Å². The van der Waals surface area contributed by atoms with Gasteiger partial charge in [-0.2, -0.15) is 13.2 Å². The summed E-state index contributed by atoms with van der Waals surface area (Å²) in [5, 5.41) is 10.2. The summed E-state index contributed by atoms with van der Waals surface area (Å²) < 4.78 is 63.3. The predicted octanol–water partition coefficient (Wildman–Crippen LogP) is 3.64. The zero-order valence-electron chi connectivity index (χ0n) is 21.9. The van der Waals surface area contributed by atoms with E-state index in [0.29, 0.717) is 11.4 Å². The first-order chi connectivity index (χ1) is 19.7. The highest BCUT2D eigenvalue weighted by Crippen LogP contribution is 2.43.